The van der Waals surface area contributed by atoms with Crippen molar-refractivity contribution in [3.8, 4) is 11.3 Å². The maximum Gasteiger partial charge on any atom is 0.145 e. The predicted octanol–water partition coefficient (Wildman–Crippen LogP) is 1.65. The summed E-state index contributed by atoms with van der Waals surface area (Å²) in [5, 5.41) is 6.79. The maximum absolute atomic E-state index is 5.57. The van der Waals surface area contributed by atoms with E-state index in [1.54, 1.807) is 0 Å². The van der Waals surface area contributed by atoms with Gasteiger partial charge in [0, 0.05) is 30.9 Å². The number of nitrogens with zero attached hydrogens (tertiary/aromatic N) is 3. The molecular weight excluding hydrogens is 214 g/mol. The van der Waals surface area contributed by atoms with Crippen LogP contribution in [0.25, 0.3) is 11.3 Å². The number of hydrogen-bond acceptors (Lipinski definition) is 4. The number of pyridine rings is 1. The first-order valence-corrected chi connectivity index (χ1v) is 5.85. The van der Waals surface area contributed by atoms with Crippen LogP contribution < -0.4 is 10.6 Å². The summed E-state index contributed by atoms with van der Waals surface area (Å²) in [6.07, 6.45) is 4.39. The Morgan fingerprint density at radius 2 is 2.06 bits per heavy atom. The van der Waals surface area contributed by atoms with Crippen LogP contribution in [0.1, 0.15) is 12.8 Å². The van der Waals surface area contributed by atoms with E-state index in [1.807, 2.05) is 18.3 Å². The van der Waals surface area contributed by atoms with Crippen LogP contribution in [-0.2, 0) is 0 Å². The Balaban J connectivity index is 1.84. The fraction of sp³-hybridized carbons (Fsp3) is 0.333. The summed E-state index contributed by atoms with van der Waals surface area (Å²) >= 11 is 0. The summed E-state index contributed by atoms with van der Waals surface area (Å²) in [6.45, 7) is 2.23. The molecule has 0 spiro atoms. The van der Waals surface area contributed by atoms with Crippen molar-refractivity contribution in [2.75, 3.05) is 23.7 Å². The summed E-state index contributed by atoms with van der Waals surface area (Å²) in [6, 6.07) is 5.91. The second-order valence-electron chi connectivity index (χ2n) is 4.31. The Morgan fingerprint density at radius 3 is 2.65 bits per heavy atom. The van der Waals surface area contributed by atoms with Gasteiger partial charge in [-0.3, -0.25) is 5.10 Å². The summed E-state index contributed by atoms with van der Waals surface area (Å²) in [5.41, 5.74) is 7.49. The van der Waals surface area contributed by atoms with Crippen LogP contribution in [0, 0.1) is 0 Å². The molecule has 88 valence electrons. The van der Waals surface area contributed by atoms with Gasteiger partial charge in [0.2, 0.25) is 0 Å². The number of hydrogen-bond donors (Lipinski definition) is 2. The fourth-order valence-corrected chi connectivity index (χ4v) is 2.16. The van der Waals surface area contributed by atoms with E-state index in [-0.39, 0.29) is 0 Å². The van der Waals surface area contributed by atoms with Crippen molar-refractivity contribution in [3.63, 3.8) is 0 Å². The number of rotatable bonds is 2. The number of aromatic amines is 1. The van der Waals surface area contributed by atoms with Gasteiger partial charge in [0.1, 0.15) is 11.6 Å². The first kappa shape index (κ1) is 10.1. The van der Waals surface area contributed by atoms with Crippen molar-refractivity contribution in [1.29, 1.82) is 0 Å². The Morgan fingerprint density at radius 1 is 1.24 bits per heavy atom. The van der Waals surface area contributed by atoms with Crippen LogP contribution in [0.15, 0.2) is 24.4 Å². The quantitative estimate of drug-likeness (QED) is 0.821. The molecule has 0 unspecified atom stereocenters. The van der Waals surface area contributed by atoms with E-state index >= 15 is 0 Å². The van der Waals surface area contributed by atoms with Crippen LogP contribution in [0.4, 0.5) is 11.6 Å². The van der Waals surface area contributed by atoms with Gasteiger partial charge in [0.25, 0.3) is 0 Å². The van der Waals surface area contributed by atoms with Crippen molar-refractivity contribution in [3.05, 3.63) is 24.4 Å². The third-order valence-electron chi connectivity index (χ3n) is 3.09. The van der Waals surface area contributed by atoms with E-state index in [2.05, 4.69) is 26.1 Å². The number of nitrogen functional groups attached to an aromatic ring is 1. The first-order chi connectivity index (χ1) is 8.33. The second-order valence-corrected chi connectivity index (χ2v) is 4.31. The zero-order valence-electron chi connectivity index (χ0n) is 9.56. The Hall–Kier alpha value is -2.04. The molecule has 0 amide bonds. The Kier molecular flexibility index (Phi) is 2.44. The zero-order chi connectivity index (χ0) is 11.7. The van der Waals surface area contributed by atoms with Gasteiger partial charge >= 0.3 is 0 Å². The van der Waals surface area contributed by atoms with Gasteiger partial charge in [0.15, 0.2) is 0 Å². The molecule has 1 saturated heterocycles. The van der Waals surface area contributed by atoms with Crippen molar-refractivity contribution >= 4 is 11.6 Å². The molecular formula is C12H15N5. The average molecular weight is 229 g/mol. The molecule has 1 aliphatic rings. The standard InChI is InChI=1S/C12H15N5/c13-11-7-10(15-16-11)9-3-4-12(14-8-9)17-5-1-2-6-17/h3-4,7-8H,1-2,5-6H2,(H3,13,15,16). The largest absolute Gasteiger partial charge is 0.382 e. The molecule has 0 radical (unpaired) electrons. The van der Waals surface area contributed by atoms with Crippen LogP contribution in [-0.4, -0.2) is 28.3 Å². The lowest BCUT2D eigenvalue weighted by Crippen LogP contribution is -2.18. The number of aromatic nitrogens is 3. The van der Waals surface area contributed by atoms with Gasteiger partial charge in [-0.2, -0.15) is 5.10 Å². The van der Waals surface area contributed by atoms with Gasteiger partial charge in [-0.15, -0.1) is 0 Å². The lowest BCUT2D eigenvalue weighted by atomic mass is 10.2. The molecule has 3 heterocycles. The third-order valence-corrected chi connectivity index (χ3v) is 3.09. The molecule has 0 bridgehead atoms. The van der Waals surface area contributed by atoms with E-state index in [9.17, 15) is 0 Å². The lowest BCUT2D eigenvalue weighted by Gasteiger charge is -2.15. The molecule has 0 atom stereocenters. The van der Waals surface area contributed by atoms with Crippen molar-refractivity contribution in [2.45, 2.75) is 12.8 Å². The number of nitrogens with two attached hydrogens (primary N) is 1. The fourth-order valence-electron chi connectivity index (χ4n) is 2.16. The molecule has 3 rings (SSSR count). The van der Waals surface area contributed by atoms with Crippen LogP contribution in [0.3, 0.4) is 0 Å². The van der Waals surface area contributed by atoms with Gasteiger partial charge in [-0.1, -0.05) is 0 Å². The molecule has 0 aromatic carbocycles. The minimum Gasteiger partial charge on any atom is -0.382 e. The molecule has 5 heteroatoms. The van der Waals surface area contributed by atoms with Crippen molar-refractivity contribution in [1.82, 2.24) is 15.2 Å². The van der Waals surface area contributed by atoms with Crippen molar-refractivity contribution < 1.29 is 0 Å². The average Bonchev–Trinajstić information content (AvgIpc) is 3.00. The molecule has 17 heavy (non-hydrogen) atoms. The van der Waals surface area contributed by atoms with E-state index in [0.717, 1.165) is 30.2 Å². The molecule has 3 N–H and O–H groups in total. The first-order valence-electron chi connectivity index (χ1n) is 5.85. The molecule has 0 saturated carbocycles. The van der Waals surface area contributed by atoms with Crippen LogP contribution >= 0.6 is 0 Å². The summed E-state index contributed by atoms with van der Waals surface area (Å²) < 4.78 is 0. The van der Waals surface area contributed by atoms with E-state index in [1.165, 1.54) is 12.8 Å². The molecule has 1 fully saturated rings. The van der Waals surface area contributed by atoms with Gasteiger partial charge in [-0.25, -0.2) is 4.98 Å². The Bertz CT molecular complexity index is 496. The smallest absolute Gasteiger partial charge is 0.145 e. The highest BCUT2D eigenvalue weighted by atomic mass is 15.2. The maximum atomic E-state index is 5.57. The van der Waals surface area contributed by atoms with Crippen molar-refractivity contribution in [2.24, 2.45) is 0 Å². The number of H-pyrrole nitrogens is 1. The minimum absolute atomic E-state index is 0.503. The summed E-state index contributed by atoms with van der Waals surface area (Å²) in [7, 11) is 0. The summed E-state index contributed by atoms with van der Waals surface area (Å²) in [4.78, 5) is 6.79. The monoisotopic (exact) mass is 229 g/mol. The zero-order valence-corrected chi connectivity index (χ0v) is 9.56. The minimum atomic E-state index is 0.503. The van der Waals surface area contributed by atoms with Gasteiger partial charge in [0.05, 0.1) is 5.69 Å². The van der Waals surface area contributed by atoms with Crippen LogP contribution in [0.5, 0.6) is 0 Å². The predicted molar refractivity (Wildman–Crippen MR) is 67.7 cm³/mol. The van der Waals surface area contributed by atoms with E-state index < -0.39 is 0 Å². The molecule has 2 aromatic rings. The molecule has 5 nitrogen and oxygen atoms in total. The highest BCUT2D eigenvalue weighted by Crippen LogP contribution is 2.22. The van der Waals surface area contributed by atoms with Crippen LogP contribution in [0.2, 0.25) is 0 Å². The second kappa shape index (κ2) is 4.08. The van der Waals surface area contributed by atoms with E-state index in [0.29, 0.717) is 5.82 Å². The van der Waals surface area contributed by atoms with E-state index in [4.69, 9.17) is 5.73 Å². The highest BCUT2D eigenvalue weighted by Gasteiger charge is 2.13. The molecule has 1 aliphatic heterocycles. The normalized spacial score (nSPS) is 15.4. The third kappa shape index (κ3) is 1.95. The molecule has 2 aromatic heterocycles. The molecule has 0 aliphatic carbocycles. The number of anilines is 2. The highest BCUT2D eigenvalue weighted by molar-refractivity contribution is 5.62. The SMILES string of the molecule is Nc1cc(-c2ccc(N3CCCC3)nc2)[nH]n1. The Labute approximate surface area is 99.7 Å². The topological polar surface area (TPSA) is 70.8 Å². The summed E-state index contributed by atoms with van der Waals surface area (Å²) in [5.74, 6) is 1.56. The van der Waals surface area contributed by atoms with Gasteiger partial charge in [-0.05, 0) is 25.0 Å². The lowest BCUT2D eigenvalue weighted by molar-refractivity contribution is 0.938. The number of nitrogens with one attached hydrogen (secondary N) is 1. The van der Waals surface area contributed by atoms with Gasteiger partial charge < -0.3 is 10.6 Å².